The third kappa shape index (κ3) is 2.37. The molecular formula is C12H8F4N2O2S. The molecule has 0 fully saturated rings. The van der Waals surface area contributed by atoms with Crippen molar-refractivity contribution in [3.63, 3.8) is 0 Å². The topological polar surface area (TPSA) is 59.9 Å². The molecule has 0 unspecified atom stereocenters. The van der Waals surface area contributed by atoms with Gasteiger partial charge in [-0.15, -0.1) is 0 Å². The summed E-state index contributed by atoms with van der Waals surface area (Å²) in [6.45, 7) is 0. The zero-order valence-electron chi connectivity index (χ0n) is 10.2. The number of aromatic nitrogens is 2. The second-order valence-electron chi connectivity index (χ2n) is 3.97. The van der Waals surface area contributed by atoms with Crippen molar-refractivity contribution in [3.8, 4) is 0 Å². The van der Waals surface area contributed by atoms with E-state index in [9.17, 15) is 26.0 Å². The third-order valence-corrected chi connectivity index (χ3v) is 4.37. The number of hydrogen-bond acceptors (Lipinski definition) is 4. The molecular weight excluding hydrogens is 312 g/mol. The summed E-state index contributed by atoms with van der Waals surface area (Å²) < 4.78 is 79.2. The SMILES string of the molecule is O=S(=O)(C(F)(F)c1ccccn1)C(F)(F)c1ccccn1. The van der Waals surface area contributed by atoms with Crippen LogP contribution in [-0.4, -0.2) is 18.4 Å². The summed E-state index contributed by atoms with van der Waals surface area (Å²) in [7, 11) is -6.24. The second-order valence-corrected chi connectivity index (χ2v) is 6.00. The molecule has 4 nitrogen and oxygen atoms in total. The number of sulfone groups is 1. The van der Waals surface area contributed by atoms with Crippen LogP contribution in [0.3, 0.4) is 0 Å². The number of alkyl halides is 4. The summed E-state index contributed by atoms with van der Waals surface area (Å²) in [5.41, 5.74) is -2.55. The van der Waals surface area contributed by atoms with Crippen molar-refractivity contribution in [3.05, 3.63) is 60.2 Å². The first-order valence-corrected chi connectivity index (χ1v) is 7.02. The maximum absolute atomic E-state index is 14.0. The van der Waals surface area contributed by atoms with Gasteiger partial charge in [0.05, 0.1) is 0 Å². The van der Waals surface area contributed by atoms with Crippen LogP contribution in [0.15, 0.2) is 48.8 Å². The van der Waals surface area contributed by atoms with Crippen LogP contribution in [0.2, 0.25) is 0 Å². The van der Waals surface area contributed by atoms with Gasteiger partial charge >= 0.3 is 10.5 Å². The van der Waals surface area contributed by atoms with Crippen LogP contribution in [-0.2, 0) is 20.3 Å². The summed E-state index contributed by atoms with van der Waals surface area (Å²) >= 11 is 0. The average Bonchev–Trinajstić information content (AvgIpc) is 2.48. The lowest BCUT2D eigenvalue weighted by atomic mass is 10.3. The van der Waals surface area contributed by atoms with Gasteiger partial charge in [0.2, 0.25) is 0 Å². The molecule has 9 heteroatoms. The maximum Gasteiger partial charge on any atom is 0.393 e. The minimum absolute atomic E-state index is 0.659. The molecule has 112 valence electrons. The standard InChI is InChI=1S/C12H8F4N2O2S/c13-11(14,9-5-1-3-7-17-9)21(19,20)12(15,16)10-6-2-4-8-18-10/h1-8H. The fourth-order valence-corrected chi connectivity index (χ4v) is 2.62. The van der Waals surface area contributed by atoms with E-state index in [1.165, 1.54) is 12.1 Å². The second kappa shape index (κ2) is 5.06. The summed E-state index contributed by atoms with van der Waals surface area (Å²) in [4.78, 5) is 6.28. The molecule has 0 amide bonds. The quantitative estimate of drug-likeness (QED) is 0.813. The van der Waals surface area contributed by atoms with Crippen LogP contribution in [0.5, 0.6) is 0 Å². The number of rotatable bonds is 4. The fraction of sp³-hybridized carbons (Fsp3) is 0.167. The molecule has 2 rings (SSSR count). The summed E-state index contributed by atoms with van der Waals surface area (Å²) in [5, 5.41) is -9.70. The van der Waals surface area contributed by atoms with Crippen molar-refractivity contribution < 1.29 is 26.0 Å². The van der Waals surface area contributed by atoms with Gasteiger partial charge in [-0.25, -0.2) is 8.42 Å². The zero-order valence-corrected chi connectivity index (χ0v) is 11.1. The first kappa shape index (κ1) is 15.4. The van der Waals surface area contributed by atoms with E-state index >= 15 is 0 Å². The monoisotopic (exact) mass is 320 g/mol. The van der Waals surface area contributed by atoms with Crippen molar-refractivity contribution in [2.24, 2.45) is 0 Å². The van der Waals surface area contributed by atoms with Gasteiger partial charge in [0.15, 0.2) is 0 Å². The molecule has 2 heterocycles. The number of hydrogen-bond donors (Lipinski definition) is 0. The van der Waals surface area contributed by atoms with Crippen LogP contribution in [0.4, 0.5) is 17.6 Å². The highest BCUT2D eigenvalue weighted by Gasteiger charge is 2.63. The summed E-state index contributed by atoms with van der Waals surface area (Å²) in [5.74, 6) is 0. The zero-order chi connectivity index (χ0) is 15.7. The van der Waals surface area contributed by atoms with E-state index in [0.717, 1.165) is 24.5 Å². The predicted octanol–water partition coefficient (Wildman–Crippen LogP) is 2.69. The van der Waals surface area contributed by atoms with Gasteiger partial charge < -0.3 is 0 Å². The Morgan fingerprint density at radius 3 is 1.43 bits per heavy atom. The van der Waals surface area contributed by atoms with Gasteiger partial charge in [0.25, 0.3) is 9.84 Å². The maximum atomic E-state index is 14.0. The van der Waals surface area contributed by atoms with Gasteiger partial charge in [-0.2, -0.15) is 17.6 Å². The molecule has 0 aromatic carbocycles. The van der Waals surface area contributed by atoms with Gasteiger partial charge in [0.1, 0.15) is 11.4 Å². The number of halogens is 4. The Morgan fingerprint density at radius 1 is 0.762 bits per heavy atom. The Hall–Kier alpha value is -2.03. The molecule has 0 bridgehead atoms. The molecule has 0 radical (unpaired) electrons. The number of pyridine rings is 2. The van der Waals surface area contributed by atoms with E-state index < -0.39 is 31.7 Å². The average molecular weight is 320 g/mol. The van der Waals surface area contributed by atoms with E-state index in [1.807, 2.05) is 0 Å². The van der Waals surface area contributed by atoms with E-state index in [0.29, 0.717) is 12.1 Å². The molecule has 2 aromatic heterocycles. The van der Waals surface area contributed by atoms with Crippen molar-refractivity contribution in [1.82, 2.24) is 9.97 Å². The molecule has 0 aliphatic heterocycles. The van der Waals surface area contributed by atoms with Crippen LogP contribution in [0.25, 0.3) is 0 Å². The van der Waals surface area contributed by atoms with Crippen molar-refractivity contribution in [1.29, 1.82) is 0 Å². The van der Waals surface area contributed by atoms with Crippen molar-refractivity contribution >= 4 is 9.84 Å². The summed E-state index contributed by atoms with van der Waals surface area (Å²) in [6, 6.07) is 5.97. The Bertz CT molecular complexity index is 664. The van der Waals surface area contributed by atoms with Gasteiger partial charge in [-0.1, -0.05) is 12.1 Å². The molecule has 21 heavy (non-hydrogen) atoms. The lowest BCUT2D eigenvalue weighted by Crippen LogP contribution is -2.39. The van der Waals surface area contributed by atoms with Crippen LogP contribution < -0.4 is 0 Å². The minimum atomic E-state index is -6.24. The summed E-state index contributed by atoms with van der Waals surface area (Å²) in [6.07, 6.45) is 1.77. The van der Waals surface area contributed by atoms with Crippen LogP contribution in [0.1, 0.15) is 11.4 Å². The largest absolute Gasteiger partial charge is 0.393 e. The van der Waals surface area contributed by atoms with E-state index in [-0.39, 0.29) is 0 Å². The lowest BCUT2D eigenvalue weighted by molar-refractivity contribution is 0.0362. The molecule has 0 aliphatic carbocycles. The fourth-order valence-electron chi connectivity index (χ4n) is 1.51. The third-order valence-electron chi connectivity index (χ3n) is 2.60. The van der Waals surface area contributed by atoms with Crippen molar-refractivity contribution in [2.75, 3.05) is 0 Å². The smallest absolute Gasteiger partial charge is 0.254 e. The Balaban J connectivity index is 2.56. The Labute approximate surface area is 117 Å². The van der Waals surface area contributed by atoms with E-state index in [2.05, 4.69) is 9.97 Å². The van der Waals surface area contributed by atoms with Crippen LogP contribution >= 0.6 is 0 Å². The Morgan fingerprint density at radius 2 is 1.14 bits per heavy atom. The highest BCUT2D eigenvalue weighted by Crippen LogP contribution is 2.45. The van der Waals surface area contributed by atoms with Gasteiger partial charge in [-0.3, -0.25) is 9.97 Å². The predicted molar refractivity (Wildman–Crippen MR) is 65.2 cm³/mol. The lowest BCUT2D eigenvalue weighted by Gasteiger charge is -2.22. The van der Waals surface area contributed by atoms with Gasteiger partial charge in [0, 0.05) is 12.4 Å². The first-order valence-electron chi connectivity index (χ1n) is 5.54. The molecule has 0 spiro atoms. The van der Waals surface area contributed by atoms with Crippen molar-refractivity contribution in [2.45, 2.75) is 10.5 Å². The molecule has 0 aliphatic rings. The van der Waals surface area contributed by atoms with Crippen LogP contribution in [0, 0.1) is 0 Å². The first-order chi connectivity index (χ1) is 9.71. The Kier molecular flexibility index (Phi) is 3.70. The molecule has 2 aromatic rings. The van der Waals surface area contributed by atoms with Gasteiger partial charge in [-0.05, 0) is 24.3 Å². The molecule has 0 atom stereocenters. The minimum Gasteiger partial charge on any atom is -0.254 e. The highest BCUT2D eigenvalue weighted by molar-refractivity contribution is 7.92. The molecule has 0 saturated heterocycles. The molecule has 0 saturated carbocycles. The normalized spacial score (nSPS) is 13.1. The molecule has 0 N–H and O–H groups in total. The van der Waals surface area contributed by atoms with E-state index in [1.54, 1.807) is 0 Å². The van der Waals surface area contributed by atoms with E-state index in [4.69, 9.17) is 0 Å². The number of nitrogens with zero attached hydrogens (tertiary/aromatic N) is 2. The highest BCUT2D eigenvalue weighted by atomic mass is 32.2.